The summed E-state index contributed by atoms with van der Waals surface area (Å²) in [6.07, 6.45) is 5.58. The normalized spacial score (nSPS) is 19.5. The average Bonchev–Trinajstić information content (AvgIpc) is 3.48. The molecular formula is C19H23FN6. The minimum absolute atomic E-state index is 0.0353. The third-order valence-corrected chi connectivity index (χ3v) is 5.27. The van der Waals surface area contributed by atoms with E-state index in [0.29, 0.717) is 12.5 Å². The largest absolute Gasteiger partial charge is 0.370 e. The highest BCUT2D eigenvalue weighted by molar-refractivity contribution is 5.78. The molecule has 1 aromatic carbocycles. The SMILES string of the molecule is NC(=NCC1(c2cccc(F)c2)CC1)N1CCN(c2ncccn2)CC1. The second-order valence-electron chi connectivity index (χ2n) is 6.99. The van der Waals surface area contributed by atoms with Gasteiger partial charge in [0.25, 0.3) is 0 Å². The third-order valence-electron chi connectivity index (χ3n) is 5.27. The van der Waals surface area contributed by atoms with Gasteiger partial charge in [0.1, 0.15) is 5.82 Å². The second-order valence-corrected chi connectivity index (χ2v) is 6.99. The van der Waals surface area contributed by atoms with Crippen LogP contribution in [0, 0.1) is 5.82 Å². The molecule has 2 aromatic rings. The van der Waals surface area contributed by atoms with Crippen LogP contribution < -0.4 is 10.6 Å². The average molecular weight is 354 g/mol. The Labute approximate surface area is 152 Å². The quantitative estimate of drug-likeness (QED) is 0.669. The molecule has 1 aliphatic heterocycles. The summed E-state index contributed by atoms with van der Waals surface area (Å²) in [5.74, 6) is 1.14. The Kier molecular flexibility index (Phi) is 4.44. The first kappa shape index (κ1) is 16.8. The molecular weight excluding hydrogens is 331 g/mol. The molecule has 0 spiro atoms. The van der Waals surface area contributed by atoms with Gasteiger partial charge in [0.2, 0.25) is 5.95 Å². The number of aliphatic imine (C=N–C) groups is 1. The van der Waals surface area contributed by atoms with E-state index in [4.69, 9.17) is 5.73 Å². The van der Waals surface area contributed by atoms with Gasteiger partial charge in [0.15, 0.2) is 5.96 Å². The highest BCUT2D eigenvalue weighted by Gasteiger charge is 2.44. The minimum atomic E-state index is -0.190. The van der Waals surface area contributed by atoms with Gasteiger partial charge in [-0.05, 0) is 36.6 Å². The van der Waals surface area contributed by atoms with Crippen molar-refractivity contribution in [2.75, 3.05) is 37.6 Å². The van der Waals surface area contributed by atoms with Gasteiger partial charge in [0, 0.05) is 44.0 Å². The van der Waals surface area contributed by atoms with Crippen LogP contribution in [0.4, 0.5) is 10.3 Å². The van der Waals surface area contributed by atoms with E-state index < -0.39 is 0 Å². The van der Waals surface area contributed by atoms with Crippen molar-refractivity contribution < 1.29 is 4.39 Å². The minimum Gasteiger partial charge on any atom is -0.370 e. The fourth-order valence-electron chi connectivity index (χ4n) is 3.43. The van der Waals surface area contributed by atoms with Crippen molar-refractivity contribution in [2.24, 2.45) is 10.7 Å². The maximum Gasteiger partial charge on any atom is 0.225 e. The first-order chi connectivity index (χ1) is 12.7. The number of piperazine rings is 1. The van der Waals surface area contributed by atoms with Crippen LogP contribution in [0.25, 0.3) is 0 Å². The van der Waals surface area contributed by atoms with Gasteiger partial charge in [-0.25, -0.2) is 14.4 Å². The van der Waals surface area contributed by atoms with Crippen LogP contribution in [0.1, 0.15) is 18.4 Å². The Morgan fingerprint density at radius 3 is 2.50 bits per heavy atom. The molecule has 2 heterocycles. The molecule has 0 radical (unpaired) electrons. The van der Waals surface area contributed by atoms with Crippen LogP contribution in [0.3, 0.4) is 0 Å². The van der Waals surface area contributed by atoms with Gasteiger partial charge in [-0.3, -0.25) is 4.99 Å². The number of benzene rings is 1. The Morgan fingerprint density at radius 1 is 1.12 bits per heavy atom. The number of nitrogens with two attached hydrogens (primary N) is 1. The summed E-state index contributed by atoms with van der Waals surface area (Å²) in [6, 6.07) is 8.67. The van der Waals surface area contributed by atoms with E-state index in [9.17, 15) is 4.39 Å². The highest BCUT2D eigenvalue weighted by Crippen LogP contribution is 2.48. The summed E-state index contributed by atoms with van der Waals surface area (Å²) in [6.45, 7) is 3.83. The maximum atomic E-state index is 13.5. The Balaban J connectivity index is 1.36. The first-order valence-corrected chi connectivity index (χ1v) is 8.99. The van der Waals surface area contributed by atoms with Crippen molar-refractivity contribution in [2.45, 2.75) is 18.3 Å². The van der Waals surface area contributed by atoms with Crippen molar-refractivity contribution in [1.82, 2.24) is 14.9 Å². The Hall–Kier alpha value is -2.70. The van der Waals surface area contributed by atoms with E-state index in [1.165, 1.54) is 6.07 Å². The lowest BCUT2D eigenvalue weighted by atomic mass is 9.96. The van der Waals surface area contributed by atoms with Crippen LogP contribution in [0.5, 0.6) is 0 Å². The Bertz CT molecular complexity index is 782. The number of halogens is 1. The molecule has 1 aliphatic carbocycles. The molecule has 0 atom stereocenters. The first-order valence-electron chi connectivity index (χ1n) is 8.99. The fourth-order valence-corrected chi connectivity index (χ4v) is 3.43. The van der Waals surface area contributed by atoms with Crippen LogP contribution in [0.2, 0.25) is 0 Å². The van der Waals surface area contributed by atoms with Crippen molar-refractivity contribution in [3.05, 3.63) is 54.1 Å². The number of nitrogens with zero attached hydrogens (tertiary/aromatic N) is 5. The topological polar surface area (TPSA) is 70.6 Å². The molecule has 2 fully saturated rings. The lowest BCUT2D eigenvalue weighted by molar-refractivity contribution is 0.377. The summed E-state index contributed by atoms with van der Waals surface area (Å²) >= 11 is 0. The molecule has 26 heavy (non-hydrogen) atoms. The van der Waals surface area contributed by atoms with Gasteiger partial charge in [-0.15, -0.1) is 0 Å². The molecule has 136 valence electrons. The molecule has 1 saturated heterocycles. The summed E-state index contributed by atoms with van der Waals surface area (Å²) in [7, 11) is 0. The standard InChI is InChI=1S/C19H23FN6/c20-16-4-1-3-15(13-16)19(5-6-19)14-24-17(21)25-9-11-26(12-10-25)18-22-7-2-8-23-18/h1-4,7-8,13H,5-6,9-12,14H2,(H2,21,24). The number of anilines is 1. The summed E-state index contributed by atoms with van der Waals surface area (Å²) in [5, 5.41) is 0. The van der Waals surface area contributed by atoms with E-state index >= 15 is 0 Å². The highest BCUT2D eigenvalue weighted by atomic mass is 19.1. The van der Waals surface area contributed by atoms with Crippen molar-refractivity contribution in [3.63, 3.8) is 0 Å². The molecule has 0 bridgehead atoms. The summed E-state index contributed by atoms with van der Waals surface area (Å²) in [4.78, 5) is 17.5. The lowest BCUT2D eigenvalue weighted by Crippen LogP contribution is -2.51. The smallest absolute Gasteiger partial charge is 0.225 e. The van der Waals surface area contributed by atoms with Gasteiger partial charge >= 0.3 is 0 Å². The monoisotopic (exact) mass is 354 g/mol. The zero-order valence-corrected chi connectivity index (χ0v) is 14.7. The predicted molar refractivity (Wildman–Crippen MR) is 99.6 cm³/mol. The molecule has 6 nitrogen and oxygen atoms in total. The Morgan fingerprint density at radius 2 is 1.85 bits per heavy atom. The number of rotatable bonds is 4. The molecule has 4 rings (SSSR count). The summed E-state index contributed by atoms with van der Waals surface area (Å²) in [5.41, 5.74) is 7.22. The second kappa shape index (κ2) is 6.90. The number of hydrogen-bond acceptors (Lipinski definition) is 4. The number of aromatic nitrogens is 2. The van der Waals surface area contributed by atoms with Crippen molar-refractivity contribution in [1.29, 1.82) is 0 Å². The maximum absolute atomic E-state index is 13.5. The van der Waals surface area contributed by atoms with Crippen molar-refractivity contribution in [3.8, 4) is 0 Å². The van der Waals surface area contributed by atoms with Crippen LogP contribution in [-0.4, -0.2) is 53.6 Å². The molecule has 1 saturated carbocycles. The lowest BCUT2D eigenvalue weighted by Gasteiger charge is -2.35. The molecule has 2 N–H and O–H groups in total. The van der Waals surface area contributed by atoms with E-state index in [2.05, 4.69) is 24.8 Å². The van der Waals surface area contributed by atoms with Gasteiger partial charge < -0.3 is 15.5 Å². The van der Waals surface area contributed by atoms with E-state index in [0.717, 1.165) is 50.5 Å². The predicted octanol–water partition coefficient (Wildman–Crippen LogP) is 1.78. The third kappa shape index (κ3) is 3.47. The van der Waals surface area contributed by atoms with Crippen molar-refractivity contribution >= 4 is 11.9 Å². The number of hydrogen-bond donors (Lipinski definition) is 1. The fraction of sp³-hybridized carbons (Fsp3) is 0.421. The van der Waals surface area contributed by atoms with Gasteiger partial charge in [-0.1, -0.05) is 12.1 Å². The van der Waals surface area contributed by atoms with E-state index in [-0.39, 0.29) is 11.2 Å². The van der Waals surface area contributed by atoms with Gasteiger partial charge in [0.05, 0.1) is 6.54 Å². The van der Waals surface area contributed by atoms with Crippen LogP contribution >= 0.6 is 0 Å². The van der Waals surface area contributed by atoms with E-state index in [1.54, 1.807) is 24.5 Å². The zero-order chi connectivity index (χ0) is 18.0. The summed E-state index contributed by atoms with van der Waals surface area (Å²) < 4.78 is 13.5. The molecule has 0 amide bonds. The van der Waals surface area contributed by atoms with E-state index in [1.807, 2.05) is 12.1 Å². The van der Waals surface area contributed by atoms with Crippen LogP contribution in [-0.2, 0) is 5.41 Å². The number of guanidine groups is 1. The van der Waals surface area contributed by atoms with Crippen LogP contribution in [0.15, 0.2) is 47.7 Å². The van der Waals surface area contributed by atoms with Gasteiger partial charge in [-0.2, -0.15) is 0 Å². The molecule has 1 aromatic heterocycles. The molecule has 2 aliphatic rings. The molecule has 0 unspecified atom stereocenters. The zero-order valence-electron chi connectivity index (χ0n) is 14.7. The molecule has 7 heteroatoms.